The van der Waals surface area contributed by atoms with Crippen molar-refractivity contribution in [1.82, 2.24) is 10.6 Å². The molecule has 1 atom stereocenters. The Balaban J connectivity index is 1.63. The van der Waals surface area contributed by atoms with Gasteiger partial charge in [-0.15, -0.1) is 11.3 Å². The molecule has 2 aromatic carbocycles. The van der Waals surface area contributed by atoms with Crippen LogP contribution >= 0.6 is 11.3 Å². The lowest BCUT2D eigenvalue weighted by molar-refractivity contribution is 0.0909. The summed E-state index contributed by atoms with van der Waals surface area (Å²) in [6, 6.07) is 12.4. The van der Waals surface area contributed by atoms with Crippen molar-refractivity contribution in [3.63, 3.8) is 0 Å². The molecule has 0 saturated carbocycles. The highest BCUT2D eigenvalue weighted by Gasteiger charge is 2.19. The zero-order valence-corrected chi connectivity index (χ0v) is 19.6. The summed E-state index contributed by atoms with van der Waals surface area (Å²) in [6.45, 7) is 2.89. The van der Waals surface area contributed by atoms with Gasteiger partial charge in [0, 0.05) is 41.7 Å². The summed E-state index contributed by atoms with van der Waals surface area (Å²) in [5, 5.41) is 10.2. The summed E-state index contributed by atoms with van der Waals surface area (Å²) in [4.78, 5) is 18.2. The van der Waals surface area contributed by atoms with Crippen LogP contribution in [0.25, 0.3) is 10.1 Å². The molecule has 1 aliphatic rings. The van der Waals surface area contributed by atoms with Crippen molar-refractivity contribution in [2.75, 3.05) is 25.3 Å². The minimum atomic E-state index is -3.31. The Morgan fingerprint density at radius 2 is 2.09 bits per heavy atom. The molecule has 0 radical (unpaired) electrons. The molecular formula is C22H24N4O4S2. The Morgan fingerprint density at radius 3 is 2.84 bits per heavy atom. The molecule has 8 nitrogen and oxygen atoms in total. The van der Waals surface area contributed by atoms with Gasteiger partial charge in [-0.3, -0.25) is 4.79 Å². The quantitative estimate of drug-likeness (QED) is 0.508. The first-order valence-corrected chi connectivity index (χ1v) is 12.7. The molecule has 4 rings (SSSR count). The average molecular weight is 473 g/mol. The number of rotatable bonds is 6. The Kier molecular flexibility index (Phi) is 6.18. The third-order valence-electron chi connectivity index (χ3n) is 4.97. The van der Waals surface area contributed by atoms with Gasteiger partial charge in [-0.05, 0) is 42.8 Å². The number of nitrogens with one attached hydrogen (secondary N) is 3. The van der Waals surface area contributed by atoms with E-state index in [4.69, 9.17) is 9.73 Å². The van der Waals surface area contributed by atoms with Crippen molar-refractivity contribution in [2.24, 2.45) is 4.99 Å². The van der Waals surface area contributed by atoms with Crippen LogP contribution in [0.5, 0.6) is 0 Å². The molecule has 168 valence electrons. The van der Waals surface area contributed by atoms with Crippen molar-refractivity contribution >= 4 is 54.5 Å². The molecular weight excluding hydrogens is 448 g/mol. The Labute approximate surface area is 190 Å². The number of thiophene rings is 1. The highest BCUT2D eigenvalue weighted by atomic mass is 32.2. The minimum absolute atomic E-state index is 0.0904. The van der Waals surface area contributed by atoms with Crippen molar-refractivity contribution in [2.45, 2.75) is 24.4 Å². The number of ether oxygens (including phenoxy) is 1. The second-order valence-electron chi connectivity index (χ2n) is 7.66. The summed E-state index contributed by atoms with van der Waals surface area (Å²) in [5.74, 6) is 0.375. The molecule has 1 aliphatic heterocycles. The van der Waals surface area contributed by atoms with E-state index in [1.165, 1.54) is 17.6 Å². The number of guanidine groups is 1. The lowest BCUT2D eigenvalue weighted by Gasteiger charge is -2.19. The van der Waals surface area contributed by atoms with Crippen LogP contribution in [0.3, 0.4) is 0 Å². The van der Waals surface area contributed by atoms with Crippen LogP contribution in [-0.4, -0.2) is 46.3 Å². The van der Waals surface area contributed by atoms with Crippen molar-refractivity contribution in [1.29, 1.82) is 0 Å². The Morgan fingerprint density at radius 1 is 1.28 bits per heavy atom. The molecule has 3 aromatic rings. The van der Waals surface area contributed by atoms with Gasteiger partial charge in [0.15, 0.2) is 9.84 Å². The molecule has 2 heterocycles. The lowest BCUT2D eigenvalue weighted by Crippen LogP contribution is -2.35. The van der Waals surface area contributed by atoms with E-state index < -0.39 is 9.84 Å². The molecule has 1 aromatic heterocycles. The fourth-order valence-corrected chi connectivity index (χ4v) is 5.09. The molecule has 10 heteroatoms. The second kappa shape index (κ2) is 8.89. The van der Waals surface area contributed by atoms with Gasteiger partial charge in [0.2, 0.25) is 5.96 Å². The predicted octanol–water partition coefficient (Wildman–Crippen LogP) is 3.27. The first-order valence-electron chi connectivity index (χ1n) is 9.99. The summed E-state index contributed by atoms with van der Waals surface area (Å²) in [5.41, 5.74) is 2.43. The van der Waals surface area contributed by atoms with Crippen LogP contribution in [0, 0.1) is 0 Å². The normalized spacial score (nSPS) is 14.3. The highest BCUT2D eigenvalue weighted by Crippen LogP contribution is 2.37. The topological polar surface area (TPSA) is 109 Å². The van der Waals surface area contributed by atoms with E-state index in [1.807, 2.05) is 25.1 Å². The number of hydrogen-bond donors (Lipinski definition) is 3. The lowest BCUT2D eigenvalue weighted by atomic mass is 10.1. The number of hydrogen-bond acceptors (Lipinski definition) is 8. The Bertz CT molecular complexity index is 1310. The maximum atomic E-state index is 12.6. The number of aliphatic imine (C=N–C) groups is 1. The molecule has 0 bridgehead atoms. The standard InChI is InChI=1S/C22H24N4O4S2/c1-13(12-30-2)24-21(27)19-10-17-18(31-19)8-7-14-11-23-22(26-20(14)17)25-15-5-4-6-16(9-15)32(3,28)29/h4-10,13H,11-12H2,1-3H3,(H,24,27)(H2,23,25,26)/t13-/m0/s1. The largest absolute Gasteiger partial charge is 0.383 e. The second-order valence-corrected chi connectivity index (χ2v) is 10.8. The molecule has 0 aliphatic carbocycles. The zero-order chi connectivity index (χ0) is 22.9. The van der Waals surface area contributed by atoms with Crippen LogP contribution in [0.4, 0.5) is 11.4 Å². The first kappa shape index (κ1) is 22.3. The van der Waals surface area contributed by atoms with E-state index in [-0.39, 0.29) is 16.8 Å². The summed E-state index contributed by atoms with van der Waals surface area (Å²) in [7, 11) is -1.71. The molecule has 0 fully saturated rings. The minimum Gasteiger partial charge on any atom is -0.383 e. The molecule has 0 spiro atoms. The molecule has 32 heavy (non-hydrogen) atoms. The van der Waals surface area contributed by atoms with Crippen molar-refractivity contribution < 1.29 is 17.9 Å². The zero-order valence-electron chi connectivity index (χ0n) is 17.9. The van der Waals surface area contributed by atoms with Crippen LogP contribution in [0.1, 0.15) is 22.2 Å². The number of sulfone groups is 1. The van der Waals surface area contributed by atoms with Gasteiger partial charge in [0.05, 0.1) is 22.1 Å². The molecule has 3 N–H and O–H groups in total. The van der Waals surface area contributed by atoms with Gasteiger partial charge in [-0.2, -0.15) is 0 Å². The maximum absolute atomic E-state index is 12.6. The van der Waals surface area contributed by atoms with Gasteiger partial charge in [0.25, 0.3) is 5.91 Å². The van der Waals surface area contributed by atoms with E-state index in [2.05, 4.69) is 16.0 Å². The van der Waals surface area contributed by atoms with Crippen molar-refractivity contribution in [3.05, 3.63) is 52.9 Å². The van der Waals surface area contributed by atoms with E-state index >= 15 is 0 Å². The SMILES string of the molecule is COC[C@H](C)NC(=O)c1cc2c3c(ccc2s1)CNC(Nc1cccc(S(C)(=O)=O)c1)=N3. The van der Waals surface area contributed by atoms with E-state index in [1.54, 1.807) is 31.4 Å². The monoisotopic (exact) mass is 472 g/mol. The van der Waals surface area contributed by atoms with Gasteiger partial charge in [-0.1, -0.05) is 12.1 Å². The number of nitrogens with zero attached hydrogens (tertiary/aromatic N) is 1. The van der Waals surface area contributed by atoms with Gasteiger partial charge in [-0.25, -0.2) is 13.4 Å². The predicted molar refractivity (Wildman–Crippen MR) is 128 cm³/mol. The number of methoxy groups -OCH3 is 1. The van der Waals surface area contributed by atoms with Crippen LogP contribution < -0.4 is 16.0 Å². The van der Waals surface area contributed by atoms with Crippen LogP contribution in [0.2, 0.25) is 0 Å². The van der Waals surface area contributed by atoms with Gasteiger partial charge in [0.1, 0.15) is 0 Å². The molecule has 1 amide bonds. The van der Waals surface area contributed by atoms with E-state index in [9.17, 15) is 13.2 Å². The number of amides is 1. The first-order chi connectivity index (χ1) is 15.2. The van der Waals surface area contributed by atoms with Gasteiger partial charge < -0.3 is 20.7 Å². The number of carbonyl (C=O) groups is 1. The molecule has 0 unspecified atom stereocenters. The van der Waals surface area contributed by atoms with Crippen LogP contribution in [-0.2, 0) is 21.1 Å². The summed E-state index contributed by atoms with van der Waals surface area (Å²) < 4.78 is 29.7. The van der Waals surface area contributed by atoms with Crippen LogP contribution in [0.15, 0.2) is 52.4 Å². The average Bonchev–Trinajstić information content (AvgIpc) is 3.19. The van der Waals surface area contributed by atoms with Crippen molar-refractivity contribution in [3.8, 4) is 0 Å². The number of anilines is 1. The highest BCUT2D eigenvalue weighted by molar-refractivity contribution is 7.90. The smallest absolute Gasteiger partial charge is 0.261 e. The van der Waals surface area contributed by atoms with Gasteiger partial charge >= 0.3 is 0 Å². The fourth-order valence-electron chi connectivity index (χ4n) is 3.46. The van der Waals surface area contributed by atoms with E-state index in [0.29, 0.717) is 29.7 Å². The maximum Gasteiger partial charge on any atom is 0.261 e. The number of carbonyl (C=O) groups excluding carboxylic acids is 1. The Hall–Kier alpha value is -2.95. The number of fused-ring (bicyclic) bond motifs is 3. The molecule has 0 saturated heterocycles. The van der Waals surface area contributed by atoms with E-state index in [0.717, 1.165) is 21.3 Å². The third kappa shape index (κ3) is 4.77. The number of benzene rings is 2. The summed E-state index contributed by atoms with van der Waals surface area (Å²) in [6.07, 6.45) is 1.18. The third-order valence-corrected chi connectivity index (χ3v) is 7.18. The summed E-state index contributed by atoms with van der Waals surface area (Å²) >= 11 is 1.42. The fraction of sp³-hybridized carbons (Fsp3) is 0.273.